The van der Waals surface area contributed by atoms with E-state index < -0.39 is 47.6 Å². The molecule has 3 rings (SSSR count). The van der Waals surface area contributed by atoms with E-state index in [1.165, 1.54) is 4.90 Å². The summed E-state index contributed by atoms with van der Waals surface area (Å²) in [6.07, 6.45) is -0.295. The SMILES string of the molecule is CC(C)(C)OC(=O)N[C@@H](Cc1ccccc1)C(=O)N(Cl)[C@@H](Cc1ccccc1)C(=O)N1CC[C@H]1C(=O)O. The fraction of sp³-hybridized carbons (Fsp3) is 0.407. The molecule has 2 N–H and O–H groups in total. The van der Waals surface area contributed by atoms with Gasteiger partial charge in [0.25, 0.3) is 5.91 Å². The summed E-state index contributed by atoms with van der Waals surface area (Å²) in [7, 11) is 0. The Hall–Kier alpha value is -3.59. The van der Waals surface area contributed by atoms with Gasteiger partial charge in [0.15, 0.2) is 0 Å². The summed E-state index contributed by atoms with van der Waals surface area (Å²) in [5, 5.41) is 12.0. The van der Waals surface area contributed by atoms with Gasteiger partial charge in [-0.2, -0.15) is 0 Å². The summed E-state index contributed by atoms with van der Waals surface area (Å²) in [4.78, 5) is 52.5. The molecule has 0 saturated carbocycles. The molecule has 3 amide bonds. The number of amides is 3. The van der Waals surface area contributed by atoms with Crippen molar-refractivity contribution in [2.24, 2.45) is 0 Å². The molecule has 1 heterocycles. The van der Waals surface area contributed by atoms with Crippen molar-refractivity contribution in [1.29, 1.82) is 0 Å². The van der Waals surface area contributed by atoms with Crippen LogP contribution in [-0.4, -0.2) is 68.6 Å². The Bertz CT molecular complexity index is 1110. The van der Waals surface area contributed by atoms with E-state index in [9.17, 15) is 24.3 Å². The first-order chi connectivity index (χ1) is 17.5. The zero-order valence-corrected chi connectivity index (χ0v) is 21.9. The number of carbonyl (C=O) groups is 4. The minimum Gasteiger partial charge on any atom is -0.480 e. The number of carboxylic acid groups (broad SMARTS) is 1. The number of hydrogen-bond acceptors (Lipinski definition) is 5. The van der Waals surface area contributed by atoms with Crippen LogP contribution >= 0.6 is 11.8 Å². The second-order valence-electron chi connectivity index (χ2n) is 9.92. The zero-order chi connectivity index (χ0) is 27.2. The van der Waals surface area contributed by atoms with Crippen molar-refractivity contribution in [3.8, 4) is 0 Å². The fourth-order valence-electron chi connectivity index (χ4n) is 4.00. The Morgan fingerprint density at radius 1 is 1.03 bits per heavy atom. The molecule has 2 aromatic carbocycles. The molecule has 0 unspecified atom stereocenters. The van der Waals surface area contributed by atoms with E-state index in [0.717, 1.165) is 15.5 Å². The third-order valence-corrected chi connectivity index (χ3v) is 6.30. The largest absolute Gasteiger partial charge is 0.480 e. The summed E-state index contributed by atoms with van der Waals surface area (Å²) in [5.41, 5.74) is 0.716. The van der Waals surface area contributed by atoms with E-state index >= 15 is 0 Å². The van der Waals surface area contributed by atoms with Gasteiger partial charge in [-0.05, 0) is 38.3 Å². The maximum atomic E-state index is 13.7. The van der Waals surface area contributed by atoms with E-state index in [2.05, 4.69) is 5.32 Å². The van der Waals surface area contributed by atoms with E-state index in [-0.39, 0.29) is 19.4 Å². The number of hydrogen-bond donors (Lipinski definition) is 2. The quantitative estimate of drug-likeness (QED) is 0.481. The van der Waals surface area contributed by atoms with Crippen LogP contribution in [0.2, 0.25) is 0 Å². The van der Waals surface area contributed by atoms with Crippen molar-refractivity contribution in [2.75, 3.05) is 6.54 Å². The summed E-state index contributed by atoms with van der Waals surface area (Å²) in [6.45, 7) is 5.36. The van der Waals surface area contributed by atoms with Crippen LogP contribution in [0.5, 0.6) is 0 Å². The first-order valence-corrected chi connectivity index (χ1v) is 12.4. The summed E-state index contributed by atoms with van der Waals surface area (Å²) >= 11 is 6.57. The van der Waals surface area contributed by atoms with E-state index in [1.54, 1.807) is 69.3 Å². The van der Waals surface area contributed by atoms with Gasteiger partial charge in [0.2, 0.25) is 5.91 Å². The number of nitrogens with one attached hydrogen (secondary N) is 1. The average Bonchev–Trinajstić information content (AvgIpc) is 2.80. The molecule has 1 fully saturated rings. The number of carboxylic acids is 1. The van der Waals surface area contributed by atoms with Crippen molar-refractivity contribution in [3.05, 3.63) is 71.8 Å². The molecule has 9 nitrogen and oxygen atoms in total. The summed E-state index contributed by atoms with van der Waals surface area (Å²) in [5.74, 6) is -2.39. The van der Waals surface area contributed by atoms with Crippen LogP contribution in [0.4, 0.5) is 4.79 Å². The highest BCUT2D eigenvalue weighted by molar-refractivity contribution is 6.24. The molecule has 1 aliphatic rings. The maximum Gasteiger partial charge on any atom is 0.408 e. The van der Waals surface area contributed by atoms with Gasteiger partial charge in [-0.15, -0.1) is 0 Å². The molecule has 2 aromatic rings. The standard InChI is InChI=1S/C27H32ClN3O6/c1-27(2,3)37-26(36)29-20(16-18-10-6-4-7-11-18)23(32)31(28)22(17-19-12-8-5-9-13-19)24(33)30-15-14-21(30)25(34)35/h4-13,20-22H,14-17H2,1-3H3,(H,29,36)(H,34,35)/t20-,21-,22-/m0/s1. The van der Waals surface area contributed by atoms with Crippen LogP contribution in [-0.2, 0) is 32.0 Å². The first kappa shape index (κ1) is 28.0. The predicted molar refractivity (Wildman–Crippen MR) is 138 cm³/mol. The van der Waals surface area contributed by atoms with Gasteiger partial charge in [0.1, 0.15) is 23.7 Å². The molecular formula is C27H32ClN3O6. The molecule has 0 aliphatic carbocycles. The Labute approximate surface area is 221 Å². The normalized spacial score (nSPS) is 16.6. The number of ether oxygens (including phenoxy) is 1. The predicted octanol–water partition coefficient (Wildman–Crippen LogP) is 3.40. The monoisotopic (exact) mass is 529 g/mol. The molecule has 198 valence electrons. The topological polar surface area (TPSA) is 116 Å². The molecule has 1 saturated heterocycles. The van der Waals surface area contributed by atoms with Crippen molar-refractivity contribution in [3.63, 3.8) is 0 Å². The highest BCUT2D eigenvalue weighted by Crippen LogP contribution is 2.24. The first-order valence-electron chi connectivity index (χ1n) is 12.1. The minimum absolute atomic E-state index is 0.0717. The number of rotatable bonds is 9. The minimum atomic E-state index is -1.18. The Balaban J connectivity index is 1.88. The van der Waals surface area contributed by atoms with Gasteiger partial charge >= 0.3 is 12.1 Å². The van der Waals surface area contributed by atoms with Crippen molar-refractivity contribution < 1.29 is 29.0 Å². The van der Waals surface area contributed by atoms with Crippen LogP contribution in [0.1, 0.15) is 38.3 Å². The smallest absolute Gasteiger partial charge is 0.408 e. The number of nitrogens with zero attached hydrogens (tertiary/aromatic N) is 2. The van der Waals surface area contributed by atoms with E-state index in [0.29, 0.717) is 6.42 Å². The molecule has 0 radical (unpaired) electrons. The molecule has 1 aliphatic heterocycles. The van der Waals surface area contributed by atoms with Gasteiger partial charge in [-0.25, -0.2) is 14.0 Å². The summed E-state index contributed by atoms with van der Waals surface area (Å²) in [6, 6.07) is 14.8. The lowest BCUT2D eigenvalue weighted by atomic mass is 9.97. The lowest BCUT2D eigenvalue weighted by Crippen LogP contribution is -2.61. The van der Waals surface area contributed by atoms with Crippen LogP contribution in [0.25, 0.3) is 0 Å². The number of likely N-dealkylation sites (tertiary alicyclic amines) is 1. The number of halogens is 1. The molecule has 0 bridgehead atoms. The number of benzene rings is 2. The van der Waals surface area contributed by atoms with Crippen LogP contribution in [0, 0.1) is 0 Å². The summed E-state index contributed by atoms with van der Waals surface area (Å²) < 4.78 is 6.13. The van der Waals surface area contributed by atoms with Crippen LogP contribution < -0.4 is 5.32 Å². The molecule has 0 spiro atoms. The number of alkyl carbamates (subject to hydrolysis) is 1. The second-order valence-corrected chi connectivity index (χ2v) is 10.3. The Morgan fingerprint density at radius 2 is 1.57 bits per heavy atom. The van der Waals surface area contributed by atoms with E-state index in [1.807, 2.05) is 12.1 Å². The van der Waals surface area contributed by atoms with Crippen molar-refractivity contribution in [1.82, 2.24) is 14.6 Å². The lowest BCUT2D eigenvalue weighted by molar-refractivity contribution is -0.160. The lowest BCUT2D eigenvalue weighted by Gasteiger charge is -2.41. The molecule has 3 atom stereocenters. The number of aliphatic carboxylic acids is 1. The number of carbonyl (C=O) groups excluding carboxylic acids is 3. The highest BCUT2D eigenvalue weighted by Gasteiger charge is 2.44. The Morgan fingerprint density at radius 3 is 2.03 bits per heavy atom. The third-order valence-electron chi connectivity index (χ3n) is 5.90. The molecule has 10 heteroatoms. The molecular weight excluding hydrogens is 498 g/mol. The Kier molecular flexibility index (Phi) is 9.15. The highest BCUT2D eigenvalue weighted by atomic mass is 35.5. The van der Waals surface area contributed by atoms with Crippen LogP contribution in [0.15, 0.2) is 60.7 Å². The third kappa shape index (κ3) is 7.69. The van der Waals surface area contributed by atoms with Gasteiger partial charge in [0.05, 0.1) is 0 Å². The fourth-order valence-corrected chi connectivity index (χ4v) is 4.27. The molecule has 0 aromatic heterocycles. The molecule has 37 heavy (non-hydrogen) atoms. The van der Waals surface area contributed by atoms with Gasteiger partial charge in [0, 0.05) is 31.2 Å². The van der Waals surface area contributed by atoms with Crippen molar-refractivity contribution in [2.45, 2.75) is 63.8 Å². The van der Waals surface area contributed by atoms with Gasteiger partial charge in [-0.3, -0.25) is 9.59 Å². The van der Waals surface area contributed by atoms with Gasteiger partial charge < -0.3 is 20.1 Å². The zero-order valence-electron chi connectivity index (χ0n) is 21.1. The van der Waals surface area contributed by atoms with Crippen molar-refractivity contribution >= 4 is 35.7 Å². The second kappa shape index (κ2) is 12.1. The maximum absolute atomic E-state index is 13.7. The van der Waals surface area contributed by atoms with Gasteiger partial charge in [-0.1, -0.05) is 60.7 Å². The average molecular weight is 530 g/mol. The van der Waals surface area contributed by atoms with E-state index in [4.69, 9.17) is 16.5 Å². The van der Waals surface area contributed by atoms with Crippen LogP contribution in [0.3, 0.4) is 0 Å².